The van der Waals surface area contributed by atoms with Gasteiger partial charge >= 0.3 is 5.97 Å². The van der Waals surface area contributed by atoms with E-state index in [9.17, 15) is 9.90 Å². The molecule has 1 N–H and O–H groups in total. The summed E-state index contributed by atoms with van der Waals surface area (Å²) >= 11 is 7.20. The average Bonchev–Trinajstić information content (AvgIpc) is 2.95. The zero-order chi connectivity index (χ0) is 13.6. The van der Waals surface area contributed by atoms with Crippen LogP contribution in [0.25, 0.3) is 21.7 Å². The van der Waals surface area contributed by atoms with E-state index in [-0.39, 0.29) is 11.3 Å². The molecule has 0 saturated heterocycles. The highest BCUT2D eigenvalue weighted by atomic mass is 35.5. The fourth-order valence-electron chi connectivity index (χ4n) is 1.84. The quantitative estimate of drug-likeness (QED) is 0.781. The van der Waals surface area contributed by atoms with Crippen molar-refractivity contribution < 1.29 is 14.4 Å². The number of carboxylic acids is 1. The van der Waals surface area contributed by atoms with Gasteiger partial charge in [0.25, 0.3) is 5.71 Å². The Morgan fingerprint density at radius 1 is 1.47 bits per heavy atom. The van der Waals surface area contributed by atoms with Gasteiger partial charge in [0.15, 0.2) is 0 Å². The van der Waals surface area contributed by atoms with E-state index in [0.29, 0.717) is 21.1 Å². The largest absolute Gasteiger partial charge is 0.478 e. The number of aromatic carboxylic acids is 1. The number of nitrogens with zero attached hydrogens (tertiary/aromatic N) is 2. The molecule has 0 saturated carbocycles. The number of aromatic nitrogens is 2. The molecule has 3 aromatic rings. The second-order valence-corrected chi connectivity index (χ2v) is 5.63. The Kier molecular flexibility index (Phi) is 2.76. The highest BCUT2D eigenvalue weighted by Crippen LogP contribution is 2.32. The average molecular weight is 295 g/mol. The smallest absolute Gasteiger partial charge is 0.336 e. The second-order valence-electron chi connectivity index (χ2n) is 3.91. The van der Waals surface area contributed by atoms with Gasteiger partial charge in [-0.15, -0.1) is 11.3 Å². The number of carbonyl (C=O) groups is 1. The Labute approximate surface area is 116 Å². The van der Waals surface area contributed by atoms with Crippen LogP contribution < -0.4 is 0 Å². The zero-order valence-corrected chi connectivity index (χ0v) is 11.2. The number of pyridine rings is 1. The minimum absolute atomic E-state index is 0.128. The minimum atomic E-state index is -1.04. The van der Waals surface area contributed by atoms with Gasteiger partial charge in [0, 0.05) is 0 Å². The summed E-state index contributed by atoms with van der Waals surface area (Å²) in [5.74, 6) is -1.04. The molecule has 19 heavy (non-hydrogen) atoms. The molecule has 0 aliphatic rings. The van der Waals surface area contributed by atoms with E-state index in [1.54, 1.807) is 19.1 Å². The number of thiophene rings is 1. The van der Waals surface area contributed by atoms with E-state index < -0.39 is 5.97 Å². The molecule has 0 aromatic carbocycles. The molecule has 0 bridgehead atoms. The van der Waals surface area contributed by atoms with Crippen LogP contribution >= 0.6 is 22.9 Å². The lowest BCUT2D eigenvalue weighted by Crippen LogP contribution is -1.99. The molecule has 5 nitrogen and oxygen atoms in total. The van der Waals surface area contributed by atoms with Crippen LogP contribution in [0.4, 0.5) is 0 Å². The van der Waals surface area contributed by atoms with Gasteiger partial charge in [-0.3, -0.25) is 0 Å². The van der Waals surface area contributed by atoms with Gasteiger partial charge in [0.2, 0.25) is 0 Å². The van der Waals surface area contributed by atoms with Crippen LogP contribution in [0.2, 0.25) is 4.34 Å². The fourth-order valence-corrected chi connectivity index (χ4v) is 2.85. The Morgan fingerprint density at radius 3 is 2.89 bits per heavy atom. The molecular weight excluding hydrogens is 288 g/mol. The fraction of sp³-hybridized carbons (Fsp3) is 0.0833. The van der Waals surface area contributed by atoms with Crippen LogP contribution in [0.3, 0.4) is 0 Å². The minimum Gasteiger partial charge on any atom is -0.478 e. The molecule has 0 radical (unpaired) electrons. The number of carboxylic acid groups (broad SMARTS) is 1. The molecular formula is C12H7ClN2O3S. The first kappa shape index (κ1) is 12.1. The number of halogens is 1. The van der Waals surface area contributed by atoms with Crippen LogP contribution in [-0.4, -0.2) is 21.2 Å². The Balaban J connectivity index is 2.31. The molecule has 96 valence electrons. The van der Waals surface area contributed by atoms with E-state index in [4.69, 9.17) is 16.1 Å². The van der Waals surface area contributed by atoms with E-state index in [1.165, 1.54) is 17.4 Å². The maximum Gasteiger partial charge on any atom is 0.336 e. The van der Waals surface area contributed by atoms with Crippen molar-refractivity contribution in [2.75, 3.05) is 0 Å². The van der Waals surface area contributed by atoms with Crippen LogP contribution in [0.5, 0.6) is 0 Å². The van der Waals surface area contributed by atoms with Crippen molar-refractivity contribution in [3.8, 4) is 10.6 Å². The lowest BCUT2D eigenvalue weighted by molar-refractivity contribution is 0.0699. The summed E-state index contributed by atoms with van der Waals surface area (Å²) in [6, 6.07) is 5.03. The third kappa shape index (κ3) is 1.98. The first-order chi connectivity index (χ1) is 9.06. The van der Waals surface area contributed by atoms with Crippen LogP contribution in [0, 0.1) is 6.92 Å². The zero-order valence-electron chi connectivity index (χ0n) is 9.68. The van der Waals surface area contributed by atoms with Crippen molar-refractivity contribution in [3.05, 3.63) is 33.8 Å². The number of fused-ring (bicyclic) bond motifs is 1. The molecule has 0 spiro atoms. The predicted octanol–water partition coefficient (Wildman–Crippen LogP) is 3.61. The van der Waals surface area contributed by atoms with Crippen LogP contribution in [-0.2, 0) is 0 Å². The van der Waals surface area contributed by atoms with Gasteiger partial charge in [-0.2, -0.15) is 0 Å². The molecule has 0 aliphatic heterocycles. The topological polar surface area (TPSA) is 76.2 Å². The van der Waals surface area contributed by atoms with Crippen LogP contribution in [0.15, 0.2) is 22.7 Å². The molecule has 0 aliphatic carbocycles. The summed E-state index contributed by atoms with van der Waals surface area (Å²) in [5, 5.41) is 13.5. The predicted molar refractivity (Wildman–Crippen MR) is 71.8 cm³/mol. The van der Waals surface area contributed by atoms with E-state index in [2.05, 4.69) is 10.1 Å². The molecule has 3 aromatic heterocycles. The molecule has 7 heteroatoms. The Morgan fingerprint density at radius 2 is 2.26 bits per heavy atom. The second kappa shape index (κ2) is 4.32. The molecule has 0 fully saturated rings. The van der Waals surface area contributed by atoms with Crippen molar-refractivity contribution in [2.24, 2.45) is 0 Å². The van der Waals surface area contributed by atoms with Crippen molar-refractivity contribution in [3.63, 3.8) is 0 Å². The summed E-state index contributed by atoms with van der Waals surface area (Å²) in [4.78, 5) is 16.4. The first-order valence-electron chi connectivity index (χ1n) is 5.32. The summed E-state index contributed by atoms with van der Waals surface area (Å²) in [6.07, 6.45) is 0. The maximum absolute atomic E-state index is 11.3. The van der Waals surface area contributed by atoms with E-state index in [0.717, 1.165) is 4.88 Å². The Hall–Kier alpha value is -1.92. The highest BCUT2D eigenvalue weighted by Gasteiger charge is 2.19. The van der Waals surface area contributed by atoms with Crippen LogP contribution in [0.1, 0.15) is 16.1 Å². The summed E-state index contributed by atoms with van der Waals surface area (Å²) in [7, 11) is 0. The van der Waals surface area contributed by atoms with Gasteiger partial charge in [0.05, 0.1) is 31.6 Å². The monoisotopic (exact) mass is 294 g/mol. The molecule has 3 rings (SSSR count). The summed E-state index contributed by atoms with van der Waals surface area (Å²) in [6.45, 7) is 1.68. The van der Waals surface area contributed by atoms with Crippen molar-refractivity contribution in [2.45, 2.75) is 6.92 Å². The number of hydrogen-bond acceptors (Lipinski definition) is 5. The van der Waals surface area contributed by atoms with Crippen molar-refractivity contribution in [1.82, 2.24) is 10.1 Å². The molecule has 3 heterocycles. The van der Waals surface area contributed by atoms with Crippen molar-refractivity contribution in [1.29, 1.82) is 0 Å². The van der Waals surface area contributed by atoms with Crippen molar-refractivity contribution >= 4 is 40.0 Å². The van der Waals surface area contributed by atoms with Gasteiger partial charge in [0.1, 0.15) is 0 Å². The maximum atomic E-state index is 11.3. The number of aryl methyl sites for hydroxylation is 1. The first-order valence-corrected chi connectivity index (χ1v) is 6.51. The lowest BCUT2D eigenvalue weighted by atomic mass is 10.1. The lowest BCUT2D eigenvalue weighted by Gasteiger charge is -2.00. The Bertz CT molecular complexity index is 793. The van der Waals surface area contributed by atoms with Gasteiger partial charge in [-0.25, -0.2) is 9.78 Å². The van der Waals surface area contributed by atoms with Gasteiger partial charge < -0.3 is 9.63 Å². The third-order valence-electron chi connectivity index (χ3n) is 2.67. The molecule has 0 amide bonds. The van der Waals surface area contributed by atoms with Gasteiger partial charge in [-0.1, -0.05) is 16.8 Å². The highest BCUT2D eigenvalue weighted by molar-refractivity contribution is 7.19. The van der Waals surface area contributed by atoms with Gasteiger partial charge in [-0.05, 0) is 25.1 Å². The SMILES string of the molecule is Cc1noc2nc(-c3ccc(Cl)s3)cc(C(=O)O)c12. The van der Waals surface area contributed by atoms with E-state index >= 15 is 0 Å². The van der Waals surface area contributed by atoms with E-state index in [1.807, 2.05) is 0 Å². The summed E-state index contributed by atoms with van der Waals surface area (Å²) < 4.78 is 5.67. The molecule has 0 atom stereocenters. The summed E-state index contributed by atoms with van der Waals surface area (Å²) in [5.41, 5.74) is 1.37. The number of hydrogen-bond donors (Lipinski definition) is 1. The number of rotatable bonds is 2. The standard InChI is InChI=1S/C12H7ClN2O3S/c1-5-10-6(12(16)17)4-7(14-11(10)18-15-5)8-2-3-9(13)19-8/h2-4H,1H3,(H,16,17). The normalized spacial score (nSPS) is 11.1. The molecule has 0 unspecified atom stereocenters. The third-order valence-corrected chi connectivity index (χ3v) is 3.93.